The lowest BCUT2D eigenvalue weighted by molar-refractivity contribution is -0.113. The van der Waals surface area contributed by atoms with Gasteiger partial charge in [0.25, 0.3) is 11.1 Å². The summed E-state index contributed by atoms with van der Waals surface area (Å²) in [6, 6.07) is 14.4. The van der Waals surface area contributed by atoms with Crippen LogP contribution < -0.4 is 4.90 Å². The second-order valence-corrected chi connectivity index (χ2v) is 7.06. The van der Waals surface area contributed by atoms with E-state index >= 15 is 0 Å². The summed E-state index contributed by atoms with van der Waals surface area (Å²) < 4.78 is 0. The van der Waals surface area contributed by atoms with E-state index < -0.39 is 0 Å². The lowest BCUT2D eigenvalue weighted by atomic mass is 10.1. The van der Waals surface area contributed by atoms with Crippen LogP contribution >= 0.6 is 11.8 Å². The maximum atomic E-state index is 12.7. The van der Waals surface area contributed by atoms with Crippen molar-refractivity contribution in [2.75, 3.05) is 4.90 Å². The average Bonchev–Trinajstić information content (AvgIpc) is 2.94. The van der Waals surface area contributed by atoms with Gasteiger partial charge in [0.05, 0.1) is 10.6 Å². The molecule has 2 aromatic carbocycles. The molecule has 0 N–H and O–H groups in total. The van der Waals surface area contributed by atoms with Gasteiger partial charge in [0, 0.05) is 5.56 Å². The molecule has 0 unspecified atom stereocenters. The van der Waals surface area contributed by atoms with Crippen LogP contribution in [-0.2, 0) is 11.2 Å². The minimum atomic E-state index is -0.319. The molecule has 0 bridgehead atoms. The molecule has 1 fully saturated rings. The Balaban J connectivity index is 1.79. The third kappa shape index (κ3) is 3.94. The Hall–Kier alpha value is -2.66. The summed E-state index contributed by atoms with van der Waals surface area (Å²) in [5.74, 6) is -0.319. The maximum absolute atomic E-state index is 12.7. The molecule has 26 heavy (non-hydrogen) atoms. The van der Waals surface area contributed by atoms with Gasteiger partial charge in [0.2, 0.25) is 0 Å². The molecule has 0 spiro atoms. The first-order valence-corrected chi connectivity index (χ1v) is 9.36. The number of aryl methyl sites for hydroxylation is 1. The Kier molecular flexibility index (Phi) is 5.68. The molecule has 1 heterocycles. The highest BCUT2D eigenvalue weighted by Crippen LogP contribution is 2.35. The van der Waals surface area contributed by atoms with E-state index in [0.717, 1.165) is 42.9 Å². The number of unbranched alkanes of at least 4 members (excludes halogenated alkanes) is 1. The summed E-state index contributed by atoms with van der Waals surface area (Å²) in [7, 11) is 0. The van der Waals surface area contributed by atoms with Crippen molar-refractivity contribution in [3.63, 3.8) is 0 Å². The molecule has 2 amide bonds. The maximum Gasteiger partial charge on any atom is 0.298 e. The minimum Gasteiger partial charge on any atom is -0.298 e. The molecule has 1 saturated heterocycles. The Morgan fingerprint density at radius 3 is 2.23 bits per heavy atom. The first-order chi connectivity index (χ1) is 12.6. The number of hydrogen-bond acceptors (Lipinski definition) is 4. The van der Waals surface area contributed by atoms with Crippen LogP contribution in [0.5, 0.6) is 0 Å². The van der Waals surface area contributed by atoms with Gasteiger partial charge in [-0.25, -0.2) is 4.90 Å². The summed E-state index contributed by atoms with van der Waals surface area (Å²) in [4.78, 5) is 37.3. The lowest BCUT2D eigenvalue weighted by Crippen LogP contribution is -2.27. The Morgan fingerprint density at radius 1 is 0.962 bits per heavy atom. The normalized spacial score (nSPS) is 15.7. The average molecular weight is 365 g/mol. The third-order valence-electron chi connectivity index (χ3n) is 4.18. The number of aldehydes is 1. The fraction of sp³-hybridized carbons (Fsp3) is 0.190. The highest BCUT2D eigenvalue weighted by molar-refractivity contribution is 8.19. The third-order valence-corrected chi connectivity index (χ3v) is 5.05. The fourth-order valence-electron chi connectivity index (χ4n) is 2.71. The molecule has 1 aliphatic heterocycles. The largest absolute Gasteiger partial charge is 0.298 e. The van der Waals surface area contributed by atoms with Crippen LogP contribution in [0.2, 0.25) is 0 Å². The van der Waals surface area contributed by atoms with Crippen molar-refractivity contribution in [1.29, 1.82) is 0 Å². The number of nitrogens with zero attached hydrogens (tertiary/aromatic N) is 1. The fourth-order valence-corrected chi connectivity index (χ4v) is 3.55. The number of imide groups is 1. The molecule has 0 radical (unpaired) electrons. The van der Waals surface area contributed by atoms with Crippen LogP contribution in [0.25, 0.3) is 6.08 Å². The van der Waals surface area contributed by atoms with E-state index in [2.05, 4.69) is 6.92 Å². The number of benzene rings is 2. The van der Waals surface area contributed by atoms with Crippen LogP contribution in [0.15, 0.2) is 53.4 Å². The molecular formula is C21H19NO3S. The summed E-state index contributed by atoms with van der Waals surface area (Å²) in [6.45, 7) is 2.15. The van der Waals surface area contributed by atoms with Gasteiger partial charge >= 0.3 is 0 Å². The Labute approximate surface area is 156 Å². The van der Waals surface area contributed by atoms with Crippen LogP contribution in [-0.4, -0.2) is 17.4 Å². The van der Waals surface area contributed by atoms with Crippen molar-refractivity contribution in [3.8, 4) is 0 Å². The van der Waals surface area contributed by atoms with E-state index in [-0.39, 0.29) is 11.1 Å². The van der Waals surface area contributed by atoms with Gasteiger partial charge in [-0.05, 0) is 53.9 Å². The van der Waals surface area contributed by atoms with Crippen molar-refractivity contribution in [2.24, 2.45) is 0 Å². The van der Waals surface area contributed by atoms with E-state index in [9.17, 15) is 14.4 Å². The van der Waals surface area contributed by atoms with E-state index in [1.807, 2.05) is 24.3 Å². The number of rotatable bonds is 6. The quantitative estimate of drug-likeness (QED) is 0.529. The van der Waals surface area contributed by atoms with Crippen molar-refractivity contribution < 1.29 is 14.4 Å². The first-order valence-electron chi connectivity index (χ1n) is 8.54. The lowest BCUT2D eigenvalue weighted by Gasteiger charge is -2.13. The Morgan fingerprint density at radius 2 is 1.62 bits per heavy atom. The molecule has 2 aromatic rings. The zero-order chi connectivity index (χ0) is 18.5. The molecule has 0 atom stereocenters. The first kappa shape index (κ1) is 18.1. The zero-order valence-electron chi connectivity index (χ0n) is 14.5. The highest BCUT2D eigenvalue weighted by atomic mass is 32.2. The second kappa shape index (κ2) is 8.15. The van der Waals surface area contributed by atoms with E-state index in [0.29, 0.717) is 16.2 Å². The monoisotopic (exact) mass is 365 g/mol. The second-order valence-electron chi connectivity index (χ2n) is 6.07. The van der Waals surface area contributed by atoms with E-state index in [1.165, 1.54) is 10.5 Å². The minimum absolute atomic E-state index is 0.299. The van der Waals surface area contributed by atoms with Gasteiger partial charge in [0.15, 0.2) is 0 Å². The molecule has 0 aromatic heterocycles. The molecule has 4 nitrogen and oxygen atoms in total. The molecule has 0 aliphatic carbocycles. The van der Waals surface area contributed by atoms with E-state index in [4.69, 9.17) is 0 Å². The molecule has 132 valence electrons. The summed E-state index contributed by atoms with van der Waals surface area (Å²) in [6.07, 6.45) is 5.68. The predicted molar refractivity (Wildman–Crippen MR) is 105 cm³/mol. The van der Waals surface area contributed by atoms with Crippen molar-refractivity contribution in [1.82, 2.24) is 0 Å². The number of carbonyl (C=O) groups excluding carboxylic acids is 3. The predicted octanol–water partition coefficient (Wildman–Crippen LogP) is 5.08. The van der Waals surface area contributed by atoms with Gasteiger partial charge in [-0.3, -0.25) is 14.4 Å². The molecule has 5 heteroatoms. The Bertz CT molecular complexity index is 854. The molecule has 1 aliphatic rings. The van der Waals surface area contributed by atoms with Crippen LogP contribution in [0.3, 0.4) is 0 Å². The number of thioether (sulfide) groups is 1. The van der Waals surface area contributed by atoms with Gasteiger partial charge in [-0.1, -0.05) is 49.7 Å². The molecular weight excluding hydrogens is 346 g/mol. The number of carbonyl (C=O) groups is 3. The van der Waals surface area contributed by atoms with Crippen LogP contribution in [0.4, 0.5) is 10.5 Å². The smallest absolute Gasteiger partial charge is 0.298 e. The van der Waals surface area contributed by atoms with Crippen molar-refractivity contribution >= 4 is 41.0 Å². The summed E-state index contributed by atoms with van der Waals surface area (Å²) in [5.41, 5.74) is 3.13. The van der Waals surface area contributed by atoms with Gasteiger partial charge < -0.3 is 0 Å². The van der Waals surface area contributed by atoms with Gasteiger partial charge in [-0.15, -0.1) is 0 Å². The van der Waals surface area contributed by atoms with Gasteiger partial charge in [0.1, 0.15) is 6.29 Å². The summed E-state index contributed by atoms with van der Waals surface area (Å²) >= 11 is 0.928. The molecule has 3 rings (SSSR count). The topological polar surface area (TPSA) is 54.5 Å². The standard InChI is InChI=1S/C21H19NO3S/c1-2-3-4-15-9-11-18(12-10-15)22-20(24)19(26-21(22)25)13-16-5-7-17(14-23)8-6-16/h5-14H,2-4H2,1H3/b19-13+. The van der Waals surface area contributed by atoms with Crippen LogP contribution in [0, 0.1) is 0 Å². The molecule has 0 saturated carbocycles. The van der Waals surface area contributed by atoms with Crippen LogP contribution in [0.1, 0.15) is 41.3 Å². The van der Waals surface area contributed by atoms with Crippen molar-refractivity contribution in [2.45, 2.75) is 26.2 Å². The highest BCUT2D eigenvalue weighted by Gasteiger charge is 2.36. The SMILES string of the molecule is CCCCc1ccc(N2C(=O)S/C(=C/c3ccc(C=O)cc3)C2=O)cc1. The zero-order valence-corrected chi connectivity index (χ0v) is 15.3. The summed E-state index contributed by atoms with van der Waals surface area (Å²) in [5, 5.41) is -0.299. The van der Waals surface area contributed by atoms with Crippen molar-refractivity contribution in [3.05, 3.63) is 70.1 Å². The van der Waals surface area contributed by atoms with Gasteiger partial charge in [-0.2, -0.15) is 0 Å². The van der Waals surface area contributed by atoms with E-state index in [1.54, 1.807) is 30.3 Å². The number of hydrogen-bond donors (Lipinski definition) is 0. The number of amides is 2. The number of anilines is 1.